The minimum Gasteiger partial charge on any atom is -0.172 e. The van der Waals surface area contributed by atoms with E-state index in [0.29, 0.717) is 47.3 Å². The second kappa shape index (κ2) is 28.7. The van der Waals surface area contributed by atoms with Gasteiger partial charge in [-0.3, -0.25) is 0 Å². The average Bonchev–Trinajstić information content (AvgIpc) is 1.57. The molecule has 530 valence electrons. The lowest BCUT2D eigenvalue weighted by Crippen LogP contribution is -2.30. The highest BCUT2D eigenvalue weighted by molar-refractivity contribution is 7.00. The summed E-state index contributed by atoms with van der Waals surface area (Å²) in [5.74, 6) is 4.62. The second-order valence-corrected chi connectivity index (χ2v) is 34.9. The highest BCUT2D eigenvalue weighted by atomic mass is 32.1. The maximum absolute atomic E-state index is 5.29. The Bertz CT molecular complexity index is 4690. The molecule has 0 bridgehead atoms. The summed E-state index contributed by atoms with van der Waals surface area (Å²) in [6.45, 7) is 41.5. The molecule has 8 atom stereocenters. The fraction of sp³-hybridized carbons (Fsp3) is 0.455. The van der Waals surface area contributed by atoms with Crippen LogP contribution in [-0.4, -0.2) is 8.75 Å². The predicted molar refractivity (Wildman–Crippen MR) is 441 cm³/mol. The zero-order chi connectivity index (χ0) is 71.7. The molecule has 8 unspecified atom stereocenters. The Balaban J connectivity index is 0.859. The number of nitrogens with zero attached hydrogens (tertiary/aromatic N) is 2. The van der Waals surface area contributed by atoms with Gasteiger partial charge in [-0.1, -0.05) is 295 Å². The molecule has 0 saturated carbocycles. The fourth-order valence-electron chi connectivity index (χ4n) is 20.4. The molecular formula is C99H118N2S. The van der Waals surface area contributed by atoms with E-state index in [1.54, 1.807) is 22.3 Å². The van der Waals surface area contributed by atoms with Crippen LogP contribution in [0.15, 0.2) is 164 Å². The van der Waals surface area contributed by atoms with Crippen LogP contribution in [0.25, 0.3) is 100 Å². The van der Waals surface area contributed by atoms with E-state index >= 15 is 0 Å². The predicted octanol–water partition coefficient (Wildman–Crippen LogP) is 29.2. The van der Waals surface area contributed by atoms with Crippen molar-refractivity contribution in [1.29, 1.82) is 0 Å². The molecule has 0 amide bonds. The highest BCUT2D eigenvalue weighted by Crippen LogP contribution is 2.63. The summed E-state index contributed by atoms with van der Waals surface area (Å²) in [5.41, 5.74) is 36.8. The molecule has 4 aliphatic rings. The molecule has 3 heteroatoms. The Morgan fingerprint density at radius 2 is 0.461 bits per heavy atom. The number of rotatable bonds is 28. The zero-order valence-corrected chi connectivity index (χ0v) is 66.1. The third kappa shape index (κ3) is 12.1. The SMILES string of the molecule is CCC(C)CC1(CC(C)CC)c2ccccc2-c2ccc(-c3ccc4c(c3)C(CC(C)CC)(CC(C)CC)c3cc(-c5ccc(-c6ccc7c(c6)C(CC(C)CC)(CC(C)CC)c6cc(-c8ccc9c(c8)C(CC(C)CC)(CC(C)CC)c8cc(C)ccc8-9)ccc6-7)c6nsnc56)ccc3-4)cc21. The minimum absolute atomic E-state index is 0.0122. The van der Waals surface area contributed by atoms with Gasteiger partial charge in [0.25, 0.3) is 0 Å². The van der Waals surface area contributed by atoms with Crippen LogP contribution >= 0.6 is 11.7 Å². The Labute approximate surface area is 619 Å². The van der Waals surface area contributed by atoms with Crippen molar-refractivity contribution >= 4 is 22.8 Å². The van der Waals surface area contributed by atoms with E-state index in [0.717, 1.165) is 62.4 Å². The Hall–Kier alpha value is -7.20. The van der Waals surface area contributed by atoms with Crippen LogP contribution < -0.4 is 0 Å². The zero-order valence-electron chi connectivity index (χ0n) is 65.3. The molecule has 0 fully saturated rings. The molecule has 0 spiro atoms. The third-order valence-corrected chi connectivity index (χ3v) is 27.9. The molecule has 9 aromatic carbocycles. The van der Waals surface area contributed by atoms with Gasteiger partial charge in [0, 0.05) is 32.8 Å². The van der Waals surface area contributed by atoms with Gasteiger partial charge in [0.1, 0.15) is 11.0 Å². The van der Waals surface area contributed by atoms with E-state index in [1.807, 2.05) is 0 Å². The summed E-state index contributed by atoms with van der Waals surface area (Å²) in [6.07, 6.45) is 18.5. The quantitative estimate of drug-likeness (QED) is 0.0488. The van der Waals surface area contributed by atoms with Gasteiger partial charge in [0.2, 0.25) is 0 Å². The summed E-state index contributed by atoms with van der Waals surface area (Å²) in [7, 11) is 0. The number of fused-ring (bicyclic) bond motifs is 13. The van der Waals surface area contributed by atoms with Crippen LogP contribution in [-0.2, 0) is 21.7 Å². The molecule has 2 nitrogen and oxygen atoms in total. The van der Waals surface area contributed by atoms with Crippen LogP contribution in [0.2, 0.25) is 0 Å². The van der Waals surface area contributed by atoms with Gasteiger partial charge >= 0.3 is 0 Å². The summed E-state index contributed by atoms with van der Waals surface area (Å²) in [5, 5.41) is 0. The smallest absolute Gasteiger partial charge is 0.113 e. The molecule has 0 radical (unpaired) electrons. The van der Waals surface area contributed by atoms with Crippen LogP contribution in [0.5, 0.6) is 0 Å². The summed E-state index contributed by atoms with van der Waals surface area (Å²) in [6, 6.07) is 67.1. The van der Waals surface area contributed by atoms with Crippen molar-refractivity contribution < 1.29 is 0 Å². The fourth-order valence-corrected chi connectivity index (χ4v) is 21.0. The molecule has 10 aromatic rings. The molecule has 0 saturated heterocycles. The normalized spacial score (nSPS) is 21.3. The minimum atomic E-state index is -0.165. The third-order valence-electron chi connectivity index (χ3n) is 27.4. The number of benzene rings is 9. The number of aromatic nitrogens is 2. The molecule has 0 aliphatic heterocycles. The average molecular weight is 1370 g/mol. The van der Waals surface area contributed by atoms with E-state index in [9.17, 15) is 0 Å². The maximum Gasteiger partial charge on any atom is 0.113 e. The van der Waals surface area contributed by atoms with Crippen molar-refractivity contribution in [3.63, 3.8) is 0 Å². The largest absolute Gasteiger partial charge is 0.172 e. The Kier molecular flexibility index (Phi) is 20.2. The lowest BCUT2D eigenvalue weighted by atomic mass is 9.66. The van der Waals surface area contributed by atoms with E-state index in [1.165, 1.54) is 180 Å². The van der Waals surface area contributed by atoms with Crippen molar-refractivity contribution in [3.8, 4) is 89.0 Å². The van der Waals surface area contributed by atoms with E-state index < -0.39 is 0 Å². The van der Waals surface area contributed by atoms with Crippen LogP contribution in [0.3, 0.4) is 0 Å². The first-order chi connectivity index (χ1) is 49.2. The molecule has 1 heterocycles. The van der Waals surface area contributed by atoms with Gasteiger partial charge < -0.3 is 0 Å². The van der Waals surface area contributed by atoms with E-state index in [2.05, 4.69) is 281 Å². The van der Waals surface area contributed by atoms with Gasteiger partial charge in [0.15, 0.2) is 0 Å². The van der Waals surface area contributed by atoms with Crippen LogP contribution in [0.4, 0.5) is 0 Å². The van der Waals surface area contributed by atoms with Crippen molar-refractivity contribution in [1.82, 2.24) is 8.75 Å². The first-order valence-electron chi connectivity index (χ1n) is 40.6. The van der Waals surface area contributed by atoms with E-state index in [4.69, 9.17) is 8.75 Å². The Morgan fingerprint density at radius 3 is 0.745 bits per heavy atom. The van der Waals surface area contributed by atoms with Gasteiger partial charge in [-0.25, -0.2) is 0 Å². The molecule has 0 N–H and O–H groups in total. The number of hydrogen-bond acceptors (Lipinski definition) is 3. The Morgan fingerprint density at radius 1 is 0.245 bits per heavy atom. The summed E-state index contributed by atoms with van der Waals surface area (Å²) in [4.78, 5) is 0. The van der Waals surface area contributed by atoms with Crippen LogP contribution in [0, 0.1) is 54.3 Å². The molecule has 102 heavy (non-hydrogen) atoms. The highest BCUT2D eigenvalue weighted by Gasteiger charge is 2.50. The summed E-state index contributed by atoms with van der Waals surface area (Å²) < 4.78 is 10.6. The van der Waals surface area contributed by atoms with Crippen molar-refractivity contribution in [2.24, 2.45) is 47.3 Å². The molecule has 1 aromatic heterocycles. The molecule has 14 rings (SSSR count). The maximum atomic E-state index is 5.29. The number of aryl methyl sites for hydroxylation is 1. The topological polar surface area (TPSA) is 25.8 Å². The van der Waals surface area contributed by atoms with Crippen molar-refractivity contribution in [2.75, 3.05) is 0 Å². The standard InChI is InChI=1S/C99H118N2S/c1-18-61(9)53-96(54-62(10)19-2)86-29-27-26-28-78(86)80-38-31-70(47-88(80)96)72-33-40-82-84-42-35-74(51-92(84)98(90(82)49-72,57-65(13)22-5)58-66(14)23-6)76-44-45-77(95-94(76)100-102-101-95)75-36-43-85-83-41-34-73(50-91(83)99(93(85)52-75,59-67(15)24-7)60-68(16)25-8)71-32-39-81-79-37-30-69(17)46-87(79)97(89(81)48-71,55-63(11)20-3)56-64(12)21-4/h26-52,61-68H,18-25,53-60H2,1-17H3. The second-order valence-electron chi connectivity index (χ2n) is 34.3. The van der Waals surface area contributed by atoms with Gasteiger partial charge in [-0.15, -0.1) is 0 Å². The number of hydrogen-bond donors (Lipinski definition) is 0. The van der Waals surface area contributed by atoms with Gasteiger partial charge in [-0.2, -0.15) is 8.75 Å². The van der Waals surface area contributed by atoms with Crippen LogP contribution in [0.1, 0.15) is 264 Å². The first-order valence-corrected chi connectivity index (χ1v) is 41.3. The van der Waals surface area contributed by atoms with Gasteiger partial charge in [-0.05, 0) is 264 Å². The van der Waals surface area contributed by atoms with Gasteiger partial charge in [0.05, 0.1) is 11.7 Å². The molecule has 4 aliphatic carbocycles. The van der Waals surface area contributed by atoms with E-state index in [-0.39, 0.29) is 21.7 Å². The first kappa shape index (κ1) is 71.8. The lowest BCUT2D eigenvalue weighted by Gasteiger charge is -2.37. The summed E-state index contributed by atoms with van der Waals surface area (Å²) >= 11 is 1.37. The van der Waals surface area contributed by atoms with Crippen molar-refractivity contribution in [2.45, 2.75) is 242 Å². The lowest BCUT2D eigenvalue weighted by molar-refractivity contribution is 0.308. The van der Waals surface area contributed by atoms with Crippen molar-refractivity contribution in [3.05, 3.63) is 214 Å². The molecular weight excluding hydrogens is 1250 g/mol. The monoisotopic (exact) mass is 1370 g/mol.